The highest BCUT2D eigenvalue weighted by Gasteiger charge is 2.09. The number of hydrogen-bond acceptors (Lipinski definition) is 3. The number of rotatable bonds is 1. The lowest BCUT2D eigenvalue weighted by atomic mass is 10.4. The second-order valence-electron chi connectivity index (χ2n) is 2.69. The molecule has 0 amide bonds. The first-order chi connectivity index (χ1) is 4.83. The van der Waals surface area contributed by atoms with Crippen molar-refractivity contribution >= 4 is 0 Å². The van der Waals surface area contributed by atoms with Crippen LogP contribution in [0.5, 0.6) is 0 Å². The molecule has 0 bridgehead atoms. The van der Waals surface area contributed by atoms with E-state index < -0.39 is 0 Å². The third-order valence-electron chi connectivity index (χ3n) is 1.81. The summed E-state index contributed by atoms with van der Waals surface area (Å²) in [5, 5.41) is 4.49. The quantitative estimate of drug-likeness (QED) is 0.495. The molecule has 0 spiro atoms. The zero-order valence-corrected chi connectivity index (χ0v) is 6.29. The summed E-state index contributed by atoms with van der Waals surface area (Å²) in [5.74, 6) is 0. The van der Waals surface area contributed by atoms with Gasteiger partial charge in [-0.3, -0.25) is 5.01 Å². The van der Waals surface area contributed by atoms with Gasteiger partial charge in [0, 0.05) is 13.1 Å². The second kappa shape index (κ2) is 3.51. The lowest BCUT2D eigenvalue weighted by Gasteiger charge is -2.12. The molecule has 1 heterocycles. The van der Waals surface area contributed by atoms with Crippen LogP contribution in [0.2, 0.25) is 0 Å². The van der Waals surface area contributed by atoms with Crippen LogP contribution in [0.25, 0.3) is 0 Å². The maximum absolute atomic E-state index is 10.1. The topological polar surface area (TPSA) is 35.9 Å². The summed E-state index contributed by atoms with van der Waals surface area (Å²) in [7, 11) is 2.06. The van der Waals surface area contributed by atoms with E-state index in [2.05, 4.69) is 17.2 Å². The van der Waals surface area contributed by atoms with Crippen molar-refractivity contribution in [1.29, 1.82) is 0 Å². The van der Waals surface area contributed by atoms with Gasteiger partial charge >= 0.3 is 0 Å². The molecule has 0 unspecified atom stereocenters. The largest absolute Gasteiger partial charge is 0.304 e. The van der Waals surface area contributed by atoms with Crippen molar-refractivity contribution < 1.29 is 0 Å². The van der Waals surface area contributed by atoms with Gasteiger partial charge in [-0.25, -0.2) is 0 Å². The number of likely N-dealkylation sites (N-methyl/N-ethyl adjacent to an activating group) is 1. The Morgan fingerprint density at radius 3 is 2.70 bits per heavy atom. The minimum Gasteiger partial charge on any atom is -0.304 e. The van der Waals surface area contributed by atoms with Crippen LogP contribution in [0.15, 0.2) is 5.29 Å². The minimum absolute atomic E-state index is 0.778. The van der Waals surface area contributed by atoms with Gasteiger partial charge in [0.05, 0.1) is 11.8 Å². The highest BCUT2D eigenvalue weighted by Crippen LogP contribution is 1.99. The van der Waals surface area contributed by atoms with Gasteiger partial charge in [0.25, 0.3) is 0 Å². The molecule has 1 rings (SSSR count). The molecule has 0 aromatic carbocycles. The standard InChI is InChI=1S/C6H13N3O/c1-8-3-2-4-9(7-10)6-5-8/h2-6H2,1H3. The first-order valence-electron chi connectivity index (χ1n) is 3.59. The lowest BCUT2D eigenvalue weighted by molar-refractivity contribution is 0.285. The first kappa shape index (κ1) is 7.47. The van der Waals surface area contributed by atoms with Gasteiger partial charge in [0.2, 0.25) is 0 Å². The third kappa shape index (κ3) is 1.95. The summed E-state index contributed by atoms with van der Waals surface area (Å²) in [5.41, 5.74) is 0. The SMILES string of the molecule is CN1CCCN(N=O)CC1. The van der Waals surface area contributed by atoms with Crippen molar-refractivity contribution in [3.63, 3.8) is 0 Å². The van der Waals surface area contributed by atoms with Crippen LogP contribution < -0.4 is 0 Å². The van der Waals surface area contributed by atoms with Crippen LogP contribution in [0.4, 0.5) is 0 Å². The molecule has 1 fully saturated rings. The molecule has 0 N–H and O–H groups in total. The molecule has 0 saturated carbocycles. The minimum atomic E-state index is 0.778. The fraction of sp³-hybridized carbons (Fsp3) is 1.00. The number of nitroso groups, excluding NO2 is 1. The Labute approximate surface area is 60.7 Å². The van der Waals surface area contributed by atoms with E-state index in [4.69, 9.17) is 0 Å². The van der Waals surface area contributed by atoms with Gasteiger partial charge in [0.1, 0.15) is 0 Å². The highest BCUT2D eigenvalue weighted by molar-refractivity contribution is 4.63. The van der Waals surface area contributed by atoms with Crippen LogP contribution in [0.3, 0.4) is 0 Å². The van der Waals surface area contributed by atoms with Crippen LogP contribution in [-0.2, 0) is 0 Å². The lowest BCUT2D eigenvalue weighted by Crippen LogP contribution is -2.24. The Kier molecular flexibility index (Phi) is 2.62. The van der Waals surface area contributed by atoms with E-state index in [1.165, 1.54) is 0 Å². The van der Waals surface area contributed by atoms with Gasteiger partial charge < -0.3 is 4.90 Å². The first-order valence-corrected chi connectivity index (χ1v) is 3.59. The fourth-order valence-electron chi connectivity index (χ4n) is 1.11. The van der Waals surface area contributed by atoms with Crippen LogP contribution in [-0.4, -0.2) is 43.1 Å². The van der Waals surface area contributed by atoms with Crippen molar-refractivity contribution in [2.75, 3.05) is 33.2 Å². The highest BCUT2D eigenvalue weighted by atomic mass is 16.3. The molecule has 0 aliphatic carbocycles. The predicted octanol–water partition coefficient (Wildman–Crippen LogP) is 0.305. The molecule has 4 heteroatoms. The predicted molar refractivity (Wildman–Crippen MR) is 39.5 cm³/mol. The van der Waals surface area contributed by atoms with E-state index in [0.717, 1.165) is 32.6 Å². The van der Waals surface area contributed by atoms with Gasteiger partial charge in [-0.05, 0) is 20.0 Å². The molecule has 0 aromatic heterocycles. The van der Waals surface area contributed by atoms with Gasteiger partial charge in [-0.1, -0.05) is 0 Å². The third-order valence-corrected chi connectivity index (χ3v) is 1.81. The maximum atomic E-state index is 10.1. The molecule has 0 radical (unpaired) electrons. The second-order valence-corrected chi connectivity index (χ2v) is 2.69. The normalized spacial score (nSPS) is 22.3. The maximum Gasteiger partial charge on any atom is 0.0524 e. The van der Waals surface area contributed by atoms with E-state index in [1.54, 1.807) is 5.01 Å². The smallest absolute Gasteiger partial charge is 0.0524 e. The summed E-state index contributed by atoms with van der Waals surface area (Å²) < 4.78 is 0. The van der Waals surface area contributed by atoms with Gasteiger partial charge in [-0.15, -0.1) is 4.91 Å². The van der Waals surface area contributed by atoms with Crippen LogP contribution in [0.1, 0.15) is 6.42 Å². The molecular formula is C6H13N3O. The molecule has 0 atom stereocenters. The van der Waals surface area contributed by atoms with Gasteiger partial charge in [0.15, 0.2) is 0 Å². The number of nitrogens with zero attached hydrogens (tertiary/aromatic N) is 3. The van der Waals surface area contributed by atoms with E-state index >= 15 is 0 Å². The molecule has 10 heavy (non-hydrogen) atoms. The van der Waals surface area contributed by atoms with Crippen LogP contribution in [0, 0.1) is 4.91 Å². The summed E-state index contributed by atoms with van der Waals surface area (Å²) >= 11 is 0. The summed E-state index contributed by atoms with van der Waals surface area (Å²) in [4.78, 5) is 12.3. The van der Waals surface area contributed by atoms with Crippen molar-refractivity contribution in [1.82, 2.24) is 9.91 Å². The Hall–Kier alpha value is -0.640. The van der Waals surface area contributed by atoms with Crippen LogP contribution >= 0.6 is 0 Å². The van der Waals surface area contributed by atoms with Crippen molar-refractivity contribution in [2.45, 2.75) is 6.42 Å². The zero-order chi connectivity index (χ0) is 7.40. The van der Waals surface area contributed by atoms with Crippen molar-refractivity contribution in [3.05, 3.63) is 4.91 Å². The Balaban J connectivity index is 2.32. The molecule has 4 nitrogen and oxygen atoms in total. The van der Waals surface area contributed by atoms with Crippen molar-refractivity contribution in [2.24, 2.45) is 5.29 Å². The molecule has 1 aliphatic rings. The molecular weight excluding hydrogens is 130 g/mol. The molecule has 1 aliphatic heterocycles. The van der Waals surface area contributed by atoms with E-state index in [0.29, 0.717) is 0 Å². The Morgan fingerprint density at radius 1 is 1.20 bits per heavy atom. The zero-order valence-electron chi connectivity index (χ0n) is 6.29. The Bertz CT molecular complexity index is 118. The van der Waals surface area contributed by atoms with E-state index in [-0.39, 0.29) is 0 Å². The average Bonchev–Trinajstić information content (AvgIpc) is 2.14. The van der Waals surface area contributed by atoms with Crippen molar-refractivity contribution in [3.8, 4) is 0 Å². The van der Waals surface area contributed by atoms with E-state index in [9.17, 15) is 4.91 Å². The Morgan fingerprint density at radius 2 is 2.00 bits per heavy atom. The van der Waals surface area contributed by atoms with Gasteiger partial charge in [-0.2, -0.15) is 0 Å². The molecule has 1 saturated heterocycles. The van der Waals surface area contributed by atoms with E-state index in [1.807, 2.05) is 0 Å². The summed E-state index contributed by atoms with van der Waals surface area (Å²) in [6.45, 7) is 3.62. The summed E-state index contributed by atoms with van der Waals surface area (Å²) in [6, 6.07) is 0. The molecule has 58 valence electrons. The summed E-state index contributed by atoms with van der Waals surface area (Å²) in [6.07, 6.45) is 1.04. The fourth-order valence-corrected chi connectivity index (χ4v) is 1.11. The monoisotopic (exact) mass is 143 g/mol. The number of hydrogen-bond donors (Lipinski definition) is 0. The molecule has 0 aromatic rings. The average molecular weight is 143 g/mol.